The highest BCUT2D eigenvalue weighted by atomic mass is 32.2. The molecule has 2 aromatic rings. The summed E-state index contributed by atoms with van der Waals surface area (Å²) in [5, 5.41) is 8.84. The van der Waals surface area contributed by atoms with Gasteiger partial charge >= 0.3 is 5.97 Å². The van der Waals surface area contributed by atoms with Gasteiger partial charge in [0.05, 0.1) is 11.3 Å². The van der Waals surface area contributed by atoms with Gasteiger partial charge in [-0.3, -0.25) is 4.72 Å². The predicted molar refractivity (Wildman–Crippen MR) is 77.6 cm³/mol. The Bertz CT molecular complexity index is 803. The first-order chi connectivity index (χ1) is 9.79. The van der Waals surface area contributed by atoms with Crippen LogP contribution < -0.4 is 10.5 Å². The number of anilines is 2. The van der Waals surface area contributed by atoms with Crippen molar-refractivity contribution >= 4 is 27.5 Å². The molecule has 1 heterocycles. The van der Waals surface area contributed by atoms with Crippen molar-refractivity contribution in [3.05, 3.63) is 47.7 Å². The lowest BCUT2D eigenvalue weighted by Crippen LogP contribution is -2.16. The van der Waals surface area contributed by atoms with E-state index in [0.29, 0.717) is 5.69 Å². The fourth-order valence-electron chi connectivity index (χ4n) is 1.72. The number of nitrogen functional groups attached to an aromatic ring is 1. The zero-order valence-electron chi connectivity index (χ0n) is 11.1. The first kappa shape index (κ1) is 14.8. The lowest BCUT2D eigenvalue weighted by Gasteiger charge is -2.10. The smallest absolute Gasteiger partial charge is 0.335 e. The number of nitrogens with zero attached hydrogens (tertiary/aromatic N) is 1. The zero-order valence-corrected chi connectivity index (χ0v) is 11.9. The Hall–Kier alpha value is -2.61. The number of aryl methyl sites for hydroxylation is 1. The molecule has 8 heteroatoms. The van der Waals surface area contributed by atoms with Crippen molar-refractivity contribution in [1.29, 1.82) is 0 Å². The number of carbonyl (C=O) groups is 1. The molecule has 7 nitrogen and oxygen atoms in total. The van der Waals surface area contributed by atoms with Gasteiger partial charge in [0.2, 0.25) is 0 Å². The molecule has 0 spiro atoms. The van der Waals surface area contributed by atoms with E-state index in [1.54, 1.807) is 19.1 Å². The monoisotopic (exact) mass is 307 g/mol. The van der Waals surface area contributed by atoms with Gasteiger partial charge in [-0.2, -0.15) is 0 Å². The van der Waals surface area contributed by atoms with Crippen molar-refractivity contribution in [2.45, 2.75) is 11.8 Å². The van der Waals surface area contributed by atoms with E-state index < -0.39 is 16.0 Å². The second kappa shape index (κ2) is 5.41. The molecule has 110 valence electrons. The summed E-state index contributed by atoms with van der Waals surface area (Å²) in [6.07, 6.45) is 0. The van der Waals surface area contributed by atoms with Crippen LogP contribution in [-0.2, 0) is 10.0 Å². The molecule has 0 saturated carbocycles. The maximum absolute atomic E-state index is 12.2. The van der Waals surface area contributed by atoms with E-state index in [-0.39, 0.29) is 22.0 Å². The Morgan fingerprint density at radius 2 is 2.00 bits per heavy atom. The van der Waals surface area contributed by atoms with Crippen molar-refractivity contribution < 1.29 is 18.3 Å². The molecular formula is C13H13N3O4S. The van der Waals surface area contributed by atoms with Gasteiger partial charge in [-0.05, 0) is 37.3 Å². The minimum absolute atomic E-state index is 0.0832. The van der Waals surface area contributed by atoms with Crippen molar-refractivity contribution in [3.63, 3.8) is 0 Å². The van der Waals surface area contributed by atoms with Gasteiger partial charge in [-0.1, -0.05) is 6.07 Å². The third kappa shape index (κ3) is 3.29. The van der Waals surface area contributed by atoms with E-state index >= 15 is 0 Å². The average Bonchev–Trinajstić information content (AvgIpc) is 2.37. The number of carboxylic acids is 1. The van der Waals surface area contributed by atoms with Crippen molar-refractivity contribution in [3.8, 4) is 0 Å². The number of aromatic carboxylic acids is 1. The van der Waals surface area contributed by atoms with Crippen LogP contribution in [0.25, 0.3) is 0 Å². The Labute approximate surface area is 121 Å². The van der Waals surface area contributed by atoms with Crippen molar-refractivity contribution in [2.75, 3.05) is 10.5 Å². The number of carboxylic acid groups (broad SMARTS) is 1. The van der Waals surface area contributed by atoms with Crippen LogP contribution in [-0.4, -0.2) is 24.5 Å². The Morgan fingerprint density at radius 1 is 1.29 bits per heavy atom. The van der Waals surface area contributed by atoms with Gasteiger partial charge < -0.3 is 10.8 Å². The van der Waals surface area contributed by atoms with Gasteiger partial charge in [0.25, 0.3) is 10.0 Å². The van der Waals surface area contributed by atoms with Crippen molar-refractivity contribution in [2.24, 2.45) is 0 Å². The van der Waals surface area contributed by atoms with E-state index in [0.717, 1.165) is 12.1 Å². The Morgan fingerprint density at radius 3 is 2.57 bits per heavy atom. The molecule has 0 aliphatic carbocycles. The quantitative estimate of drug-likeness (QED) is 0.735. The molecule has 2 rings (SSSR count). The number of sulfonamides is 1. The standard InChI is InChI=1S/C13H13N3O4S/c1-8-3-2-4-12(15-8)16-21(19,20)11-6-5-9(13(17)18)7-10(11)14/h2-7H,14H2,1H3,(H,15,16)(H,17,18). The van der Waals surface area contributed by atoms with Crippen LogP contribution >= 0.6 is 0 Å². The van der Waals surface area contributed by atoms with Gasteiger partial charge in [-0.25, -0.2) is 18.2 Å². The van der Waals surface area contributed by atoms with Crippen molar-refractivity contribution in [1.82, 2.24) is 4.98 Å². The molecule has 4 N–H and O–H groups in total. The van der Waals surface area contributed by atoms with E-state index in [1.165, 1.54) is 12.1 Å². The number of nitrogens with two attached hydrogens (primary N) is 1. The SMILES string of the molecule is Cc1cccc(NS(=O)(=O)c2ccc(C(=O)O)cc2N)n1. The number of hydrogen-bond acceptors (Lipinski definition) is 5. The average molecular weight is 307 g/mol. The van der Waals surface area contributed by atoms with E-state index in [4.69, 9.17) is 10.8 Å². The van der Waals surface area contributed by atoms with Gasteiger partial charge in [0.15, 0.2) is 0 Å². The van der Waals surface area contributed by atoms with Crippen LogP contribution in [0.2, 0.25) is 0 Å². The highest BCUT2D eigenvalue weighted by molar-refractivity contribution is 7.92. The molecule has 0 radical (unpaired) electrons. The summed E-state index contributed by atoms with van der Waals surface area (Å²) in [6, 6.07) is 8.33. The normalized spacial score (nSPS) is 11.1. The minimum atomic E-state index is -3.93. The van der Waals surface area contributed by atoms with Crippen LogP contribution in [0.1, 0.15) is 16.1 Å². The molecule has 0 bridgehead atoms. The zero-order chi connectivity index (χ0) is 15.6. The maximum atomic E-state index is 12.2. The van der Waals surface area contributed by atoms with Crippen LogP contribution in [0.3, 0.4) is 0 Å². The van der Waals surface area contributed by atoms with Crippen LogP contribution in [0, 0.1) is 6.92 Å². The third-order valence-corrected chi connectivity index (χ3v) is 4.10. The summed E-state index contributed by atoms with van der Waals surface area (Å²) < 4.78 is 26.8. The van der Waals surface area contributed by atoms with Gasteiger partial charge in [-0.15, -0.1) is 0 Å². The number of benzene rings is 1. The van der Waals surface area contributed by atoms with E-state index in [9.17, 15) is 13.2 Å². The first-order valence-electron chi connectivity index (χ1n) is 5.89. The topological polar surface area (TPSA) is 122 Å². The number of nitrogens with one attached hydrogen (secondary N) is 1. The molecular weight excluding hydrogens is 294 g/mol. The number of rotatable bonds is 4. The molecule has 0 amide bonds. The Balaban J connectivity index is 2.38. The molecule has 1 aromatic carbocycles. The van der Waals surface area contributed by atoms with Gasteiger partial charge in [0.1, 0.15) is 10.7 Å². The molecule has 0 aliphatic rings. The Kier molecular flexibility index (Phi) is 3.81. The van der Waals surface area contributed by atoms with Crippen LogP contribution in [0.15, 0.2) is 41.3 Å². The summed E-state index contributed by atoms with van der Waals surface area (Å²) in [5.41, 5.74) is 6.06. The minimum Gasteiger partial charge on any atom is -0.478 e. The molecule has 0 fully saturated rings. The lowest BCUT2D eigenvalue weighted by atomic mass is 10.2. The molecule has 0 aliphatic heterocycles. The van der Waals surface area contributed by atoms with Crippen LogP contribution in [0.4, 0.5) is 11.5 Å². The number of pyridine rings is 1. The second-order valence-corrected chi connectivity index (χ2v) is 5.98. The first-order valence-corrected chi connectivity index (χ1v) is 7.37. The van der Waals surface area contributed by atoms with E-state index in [2.05, 4.69) is 9.71 Å². The molecule has 21 heavy (non-hydrogen) atoms. The van der Waals surface area contributed by atoms with Gasteiger partial charge in [0, 0.05) is 5.69 Å². The summed E-state index contributed by atoms with van der Waals surface area (Å²) >= 11 is 0. The van der Waals surface area contributed by atoms with E-state index in [1.807, 2.05) is 0 Å². The maximum Gasteiger partial charge on any atom is 0.335 e. The summed E-state index contributed by atoms with van der Waals surface area (Å²) in [4.78, 5) is 14.6. The fourth-order valence-corrected chi connectivity index (χ4v) is 2.83. The highest BCUT2D eigenvalue weighted by Gasteiger charge is 2.19. The largest absolute Gasteiger partial charge is 0.478 e. The molecule has 0 unspecified atom stereocenters. The molecule has 0 atom stereocenters. The third-order valence-electron chi connectivity index (χ3n) is 2.67. The second-order valence-electron chi connectivity index (χ2n) is 4.33. The number of hydrogen-bond donors (Lipinski definition) is 3. The lowest BCUT2D eigenvalue weighted by molar-refractivity contribution is 0.0697. The molecule has 0 saturated heterocycles. The number of aromatic nitrogens is 1. The summed E-state index contributed by atoms with van der Waals surface area (Å²) in [6.45, 7) is 1.73. The molecule has 1 aromatic heterocycles. The fraction of sp³-hybridized carbons (Fsp3) is 0.0769. The summed E-state index contributed by atoms with van der Waals surface area (Å²) in [7, 11) is -3.93. The highest BCUT2D eigenvalue weighted by Crippen LogP contribution is 2.22. The summed E-state index contributed by atoms with van der Waals surface area (Å²) in [5.74, 6) is -1.02. The van der Waals surface area contributed by atoms with Crippen LogP contribution in [0.5, 0.6) is 0 Å². The predicted octanol–water partition coefficient (Wildman–Crippen LogP) is 1.47.